The Morgan fingerprint density at radius 2 is 0.897 bits per heavy atom. The number of amides is 8. The Hall–Kier alpha value is -8.56. The summed E-state index contributed by atoms with van der Waals surface area (Å²) in [5.41, 5.74) is 0.348. The summed E-state index contributed by atoms with van der Waals surface area (Å²) in [6.07, 6.45) is 8.25. The standard InChI is InChI=1S/C64H85N13O16S4/c1-10-94-63(95-11-2)44-18-14-24-74(44)61(84)42-31-51(90-8)53(33-46(42)76(86)87)92-26-16-20-55(78)65-22-23-66-57(80)35-67-58(81)48-29-40(37-71(48)5)69-60(83)50-30-41(38-73(50)7)70-59(82)49-28-39(36-72(49)6)68-56(79)21-17-27-93-54-34-47(77(88)89)43(32-52(54)91-9)62(85)75-25-15-19-45(75)64(96-12-3)97-13-4/h28-34,36-38,44-45,63-64H,10-27,35H2,1-9H3,(H,65,78)(H,66,80)(H,67,81)(H,68,79)(H,69,83)(H,70,82)/t44-,45-/m0/s1. The molecule has 526 valence electrons. The molecule has 0 saturated carbocycles. The van der Waals surface area contributed by atoms with Gasteiger partial charge in [0.25, 0.3) is 40.9 Å². The predicted octanol–water partition coefficient (Wildman–Crippen LogP) is 8.53. The van der Waals surface area contributed by atoms with Crippen molar-refractivity contribution in [2.75, 3.05) is 99.1 Å². The number of carbonyl (C=O) groups excluding carboxylic acids is 8. The molecule has 0 bridgehead atoms. The Morgan fingerprint density at radius 1 is 0.515 bits per heavy atom. The van der Waals surface area contributed by atoms with Crippen LogP contribution in [0.25, 0.3) is 0 Å². The number of hydrogen-bond donors (Lipinski definition) is 6. The lowest BCUT2D eigenvalue weighted by Crippen LogP contribution is -2.41. The number of aryl methyl sites for hydroxylation is 3. The maximum absolute atomic E-state index is 13.9. The molecule has 2 aliphatic rings. The van der Waals surface area contributed by atoms with Gasteiger partial charge in [-0.05, 0) is 79.7 Å². The second-order valence-corrected chi connectivity index (χ2v) is 28.7. The van der Waals surface area contributed by atoms with Crippen LogP contribution in [0.5, 0.6) is 23.0 Å². The number of benzene rings is 2. The number of nitro groups is 2. The molecule has 8 amide bonds. The summed E-state index contributed by atoms with van der Waals surface area (Å²) in [7, 11) is 7.55. The third kappa shape index (κ3) is 20.3. The average Bonchev–Trinajstić information content (AvgIpc) is 1.47. The molecule has 29 nitrogen and oxygen atoms in total. The Morgan fingerprint density at radius 3 is 1.29 bits per heavy atom. The van der Waals surface area contributed by atoms with E-state index in [0.29, 0.717) is 18.8 Å². The minimum absolute atomic E-state index is 0.00188. The number of carbonyl (C=O) groups is 8. The summed E-state index contributed by atoms with van der Waals surface area (Å²) >= 11 is 7.06. The first-order valence-corrected chi connectivity index (χ1v) is 36.0. The van der Waals surface area contributed by atoms with Crippen LogP contribution < -0.4 is 50.8 Å². The van der Waals surface area contributed by atoms with Gasteiger partial charge in [0.1, 0.15) is 28.2 Å². The highest BCUT2D eigenvalue weighted by Gasteiger charge is 2.40. The Labute approximate surface area is 579 Å². The van der Waals surface area contributed by atoms with Gasteiger partial charge in [0.05, 0.1) is 94.3 Å². The van der Waals surface area contributed by atoms with Crippen molar-refractivity contribution in [2.24, 2.45) is 21.1 Å². The van der Waals surface area contributed by atoms with Gasteiger partial charge in [0, 0.05) is 90.9 Å². The molecule has 2 aromatic carbocycles. The highest BCUT2D eigenvalue weighted by molar-refractivity contribution is 8.17. The van der Waals surface area contributed by atoms with E-state index < -0.39 is 69.1 Å². The molecular weight excluding hydrogens is 1340 g/mol. The molecule has 0 unspecified atom stereocenters. The maximum atomic E-state index is 13.9. The number of aromatic nitrogens is 3. The van der Waals surface area contributed by atoms with Crippen LogP contribution in [0.15, 0.2) is 61.1 Å². The van der Waals surface area contributed by atoms with Crippen molar-refractivity contribution in [3.63, 3.8) is 0 Å². The SMILES string of the molecule is CCSC(SCC)[C@@H]1CCCN1C(=O)c1cc(OC)c(OCCCC(=O)NCCNC(=O)CNC(=O)c2cc(NC(=O)c3cc(NC(=O)c4cc(NC(=O)CCCOc5cc([N+](=O)[O-])c(C(=O)N6CCC[C@H]6C(SCC)SCC)cc5OC)cn4C)cn3C)cn2C)cc1[N+](=O)[O-]. The Kier molecular flexibility index (Phi) is 28.7. The van der Waals surface area contributed by atoms with E-state index in [9.17, 15) is 58.6 Å². The van der Waals surface area contributed by atoms with Crippen molar-refractivity contribution in [1.82, 2.24) is 39.5 Å². The van der Waals surface area contributed by atoms with Gasteiger partial charge in [-0.3, -0.25) is 58.6 Å². The smallest absolute Gasteiger partial charge is 0.286 e. The highest BCUT2D eigenvalue weighted by atomic mass is 32.2. The molecular formula is C64H85N13O16S4. The molecule has 33 heteroatoms. The van der Waals surface area contributed by atoms with E-state index in [1.165, 1.54) is 82.8 Å². The van der Waals surface area contributed by atoms with Crippen molar-refractivity contribution in [2.45, 2.75) is 100 Å². The van der Waals surface area contributed by atoms with E-state index in [0.717, 1.165) is 48.7 Å². The van der Waals surface area contributed by atoms with Crippen LogP contribution in [0.2, 0.25) is 0 Å². The predicted molar refractivity (Wildman–Crippen MR) is 376 cm³/mol. The van der Waals surface area contributed by atoms with Gasteiger partial charge in [0.15, 0.2) is 23.0 Å². The largest absolute Gasteiger partial charge is 0.493 e. The van der Waals surface area contributed by atoms with E-state index in [1.807, 2.05) is 0 Å². The number of thioether (sulfide) groups is 4. The number of nitrogens with one attached hydrogen (secondary N) is 6. The van der Waals surface area contributed by atoms with E-state index >= 15 is 0 Å². The number of methoxy groups -OCH3 is 2. The van der Waals surface area contributed by atoms with E-state index in [-0.39, 0.29) is 142 Å². The molecule has 97 heavy (non-hydrogen) atoms. The number of rotatable bonds is 37. The van der Waals surface area contributed by atoms with E-state index in [1.54, 1.807) is 84.2 Å². The average molecular weight is 1420 g/mol. The molecule has 2 aliphatic heterocycles. The van der Waals surface area contributed by atoms with Gasteiger partial charge >= 0.3 is 0 Å². The summed E-state index contributed by atoms with van der Waals surface area (Å²) < 4.78 is 27.5. The van der Waals surface area contributed by atoms with Gasteiger partial charge in [-0.25, -0.2) is 0 Å². The number of hydrogen-bond acceptors (Lipinski definition) is 20. The van der Waals surface area contributed by atoms with Crippen molar-refractivity contribution >= 4 is 123 Å². The minimum atomic E-state index is -0.615. The summed E-state index contributed by atoms with van der Waals surface area (Å²) in [4.78, 5) is 133. The minimum Gasteiger partial charge on any atom is -0.493 e. The summed E-state index contributed by atoms with van der Waals surface area (Å²) in [5.74, 6) is 0.0327. The monoisotopic (exact) mass is 1420 g/mol. The van der Waals surface area contributed by atoms with Crippen LogP contribution in [0.3, 0.4) is 0 Å². The van der Waals surface area contributed by atoms with Crippen LogP contribution in [0.1, 0.15) is 131 Å². The van der Waals surface area contributed by atoms with Crippen molar-refractivity contribution in [3.8, 4) is 23.0 Å². The number of likely N-dealkylation sites (tertiary alicyclic amines) is 2. The number of ether oxygens (including phenoxy) is 4. The lowest BCUT2D eigenvalue weighted by atomic mass is 10.1. The van der Waals surface area contributed by atoms with Gasteiger partial charge in [-0.15, -0.1) is 47.0 Å². The van der Waals surface area contributed by atoms with Gasteiger partial charge in [0.2, 0.25) is 17.7 Å². The first-order valence-electron chi connectivity index (χ1n) is 31.8. The molecule has 5 aromatic rings. The summed E-state index contributed by atoms with van der Waals surface area (Å²) in [6.45, 7) is 8.96. The van der Waals surface area contributed by atoms with Crippen LogP contribution >= 0.6 is 47.0 Å². The Balaban J connectivity index is 0.802. The number of nitrogens with zero attached hydrogens (tertiary/aromatic N) is 7. The van der Waals surface area contributed by atoms with Crippen LogP contribution in [-0.4, -0.2) is 185 Å². The summed E-state index contributed by atoms with van der Waals surface area (Å²) in [6, 6.07) is 9.28. The molecule has 2 fully saturated rings. The van der Waals surface area contributed by atoms with Crippen LogP contribution in [-0.2, 0) is 35.5 Å². The van der Waals surface area contributed by atoms with Crippen LogP contribution in [0.4, 0.5) is 28.4 Å². The molecule has 0 aliphatic carbocycles. The zero-order valence-electron chi connectivity index (χ0n) is 55.8. The second-order valence-electron chi connectivity index (χ2n) is 22.4. The zero-order chi connectivity index (χ0) is 70.5. The second kappa shape index (κ2) is 36.7. The first kappa shape index (κ1) is 75.8. The van der Waals surface area contributed by atoms with E-state index in [4.69, 9.17) is 18.9 Å². The van der Waals surface area contributed by atoms with Crippen molar-refractivity contribution in [3.05, 3.63) is 109 Å². The van der Waals surface area contributed by atoms with Crippen molar-refractivity contribution < 1.29 is 67.2 Å². The molecule has 5 heterocycles. The van der Waals surface area contributed by atoms with Gasteiger partial charge in [-0.1, -0.05) is 27.7 Å². The fourth-order valence-corrected chi connectivity index (χ4v) is 17.0. The highest BCUT2D eigenvalue weighted by Crippen LogP contribution is 2.42. The molecule has 0 radical (unpaired) electrons. The van der Waals surface area contributed by atoms with E-state index in [2.05, 4.69) is 59.6 Å². The third-order valence-corrected chi connectivity index (χ3v) is 21.3. The summed E-state index contributed by atoms with van der Waals surface area (Å²) in [5, 5.41) is 40.7. The zero-order valence-corrected chi connectivity index (χ0v) is 59.1. The number of nitro benzene ring substituents is 2. The molecule has 6 N–H and O–H groups in total. The lowest BCUT2D eigenvalue weighted by Gasteiger charge is -2.31. The Bertz CT molecular complexity index is 3660. The van der Waals surface area contributed by atoms with Crippen molar-refractivity contribution in [1.29, 1.82) is 0 Å². The third-order valence-electron chi connectivity index (χ3n) is 15.8. The maximum Gasteiger partial charge on any atom is 0.286 e. The quantitative estimate of drug-likeness (QED) is 0.00938. The van der Waals surface area contributed by atoms with Crippen LogP contribution in [0, 0.1) is 20.2 Å². The fraction of sp³-hybridized carbons (Fsp3) is 0.500. The van der Waals surface area contributed by atoms with Gasteiger partial charge in [-0.2, -0.15) is 0 Å². The topological polar surface area (TPSA) is 353 Å². The first-order chi connectivity index (χ1) is 46.5. The molecule has 0 spiro atoms. The van der Waals surface area contributed by atoms with Gasteiger partial charge < -0.3 is 74.3 Å². The molecule has 2 atom stereocenters. The lowest BCUT2D eigenvalue weighted by molar-refractivity contribution is -0.385. The molecule has 3 aromatic heterocycles. The number of anilines is 3. The molecule has 7 rings (SSSR count). The normalized spacial score (nSPS) is 14.3. The fourth-order valence-electron chi connectivity index (χ4n) is 11.3. The molecule has 2 saturated heterocycles.